The predicted octanol–water partition coefficient (Wildman–Crippen LogP) is 5.93. The minimum Gasteiger partial charge on any atom is -0.382 e. The maximum atomic E-state index is 5.37. The molecule has 1 heterocycles. The smallest absolute Gasteiger partial charge is 0.0704 e. The molecular weight excluding hydrogens is 312 g/mol. The van der Waals surface area contributed by atoms with Gasteiger partial charge in [0.2, 0.25) is 0 Å². The third-order valence-corrected chi connectivity index (χ3v) is 12.5. The first-order valence-electron chi connectivity index (χ1n) is 10.0. The first-order chi connectivity index (χ1) is 11.2. The summed E-state index contributed by atoms with van der Waals surface area (Å²) in [7, 11) is 0.384. The maximum Gasteiger partial charge on any atom is 0.0704 e. The molecule has 2 atom stereocenters. The van der Waals surface area contributed by atoms with Crippen LogP contribution in [0.25, 0.3) is 0 Å². The molecule has 1 saturated heterocycles. The Bertz CT molecular complexity index is 376. The summed E-state index contributed by atoms with van der Waals surface area (Å²) >= 11 is 0. The summed E-state index contributed by atoms with van der Waals surface area (Å²) in [4.78, 5) is 0. The van der Waals surface area contributed by atoms with Gasteiger partial charge in [-0.25, -0.2) is 0 Å². The van der Waals surface area contributed by atoms with Crippen LogP contribution in [0.2, 0.25) is 23.7 Å². The van der Waals surface area contributed by atoms with Gasteiger partial charge in [-0.3, -0.25) is 5.01 Å². The summed E-state index contributed by atoms with van der Waals surface area (Å²) < 4.78 is 5.37. The Balaban J connectivity index is 2.78. The standard InChI is InChI=1S/C20H42N2OSi/c1-8-9-10-11-14-19(24(6,7)20(2,3)4)16-21-22-15-12-13-18(22)17-23-5/h16,18-19H,8-15,17H2,1-7H3/b21-16+/t18-,19-/m0/s1. The van der Waals surface area contributed by atoms with Crippen molar-refractivity contribution in [2.45, 2.75) is 102 Å². The van der Waals surface area contributed by atoms with E-state index in [1.165, 1.54) is 44.9 Å². The van der Waals surface area contributed by atoms with E-state index in [2.05, 4.69) is 52.0 Å². The lowest BCUT2D eigenvalue weighted by Crippen LogP contribution is -2.43. The van der Waals surface area contributed by atoms with Crippen molar-refractivity contribution in [2.75, 3.05) is 20.3 Å². The molecule has 1 rings (SSSR count). The molecular formula is C20H42N2OSi. The molecule has 0 bridgehead atoms. The van der Waals surface area contributed by atoms with Crippen LogP contribution in [-0.2, 0) is 4.74 Å². The average Bonchev–Trinajstić information content (AvgIpc) is 2.93. The van der Waals surface area contributed by atoms with Gasteiger partial charge in [-0.1, -0.05) is 66.5 Å². The van der Waals surface area contributed by atoms with Crippen LogP contribution in [0.5, 0.6) is 0 Å². The second-order valence-corrected chi connectivity index (χ2v) is 14.8. The first kappa shape index (κ1) is 21.7. The molecule has 0 aromatic carbocycles. The Labute approximate surface area is 152 Å². The summed E-state index contributed by atoms with van der Waals surface area (Å²) in [5, 5.41) is 7.66. The van der Waals surface area contributed by atoms with E-state index in [4.69, 9.17) is 9.84 Å². The number of nitrogens with zero attached hydrogens (tertiary/aromatic N) is 2. The molecule has 0 amide bonds. The molecule has 3 nitrogen and oxygen atoms in total. The number of rotatable bonds is 10. The number of methoxy groups -OCH3 is 1. The second kappa shape index (κ2) is 9.96. The van der Waals surface area contributed by atoms with Gasteiger partial charge in [-0.15, -0.1) is 0 Å². The zero-order valence-electron chi connectivity index (χ0n) is 17.4. The summed E-state index contributed by atoms with van der Waals surface area (Å²) in [5.74, 6) is 0. The van der Waals surface area contributed by atoms with E-state index in [1.807, 2.05) is 0 Å². The zero-order chi connectivity index (χ0) is 18.2. The fraction of sp³-hybridized carbons (Fsp3) is 0.950. The van der Waals surface area contributed by atoms with Gasteiger partial charge in [-0.2, -0.15) is 5.10 Å². The van der Waals surface area contributed by atoms with Crippen LogP contribution >= 0.6 is 0 Å². The van der Waals surface area contributed by atoms with E-state index in [1.54, 1.807) is 7.11 Å². The molecule has 1 fully saturated rings. The van der Waals surface area contributed by atoms with Crippen LogP contribution in [0.3, 0.4) is 0 Å². The fourth-order valence-electron chi connectivity index (χ4n) is 3.47. The van der Waals surface area contributed by atoms with Crippen molar-refractivity contribution in [3.05, 3.63) is 0 Å². The van der Waals surface area contributed by atoms with Crippen molar-refractivity contribution < 1.29 is 4.74 Å². The topological polar surface area (TPSA) is 24.8 Å². The predicted molar refractivity (Wildman–Crippen MR) is 110 cm³/mol. The summed E-state index contributed by atoms with van der Waals surface area (Å²) in [6, 6.07) is 0.478. The van der Waals surface area contributed by atoms with Crippen molar-refractivity contribution in [3.8, 4) is 0 Å². The normalized spacial score (nSPS) is 21.0. The molecule has 0 N–H and O–H groups in total. The van der Waals surface area contributed by atoms with Gasteiger partial charge >= 0.3 is 0 Å². The quantitative estimate of drug-likeness (QED) is 0.276. The minimum atomic E-state index is -1.41. The maximum absolute atomic E-state index is 5.37. The van der Waals surface area contributed by atoms with Crippen LogP contribution < -0.4 is 0 Å². The van der Waals surface area contributed by atoms with Crippen molar-refractivity contribution in [2.24, 2.45) is 5.10 Å². The molecule has 0 aromatic rings. The largest absolute Gasteiger partial charge is 0.382 e. The second-order valence-electron chi connectivity index (χ2n) is 9.11. The lowest BCUT2D eigenvalue weighted by atomic mass is 10.1. The van der Waals surface area contributed by atoms with E-state index >= 15 is 0 Å². The van der Waals surface area contributed by atoms with E-state index < -0.39 is 8.07 Å². The molecule has 142 valence electrons. The Morgan fingerprint density at radius 1 is 1.25 bits per heavy atom. The molecule has 0 aromatic heterocycles. The van der Waals surface area contributed by atoms with Crippen LogP contribution in [0.15, 0.2) is 5.10 Å². The summed E-state index contributed by atoms with van der Waals surface area (Å²) in [6.45, 7) is 16.6. The highest BCUT2D eigenvalue weighted by atomic mass is 28.3. The molecule has 0 aliphatic carbocycles. The average molecular weight is 355 g/mol. The molecule has 24 heavy (non-hydrogen) atoms. The summed E-state index contributed by atoms with van der Waals surface area (Å²) in [6.07, 6.45) is 11.5. The molecule has 4 heteroatoms. The number of hydrazone groups is 1. The minimum absolute atomic E-state index is 0.408. The van der Waals surface area contributed by atoms with Gasteiger partial charge in [0.15, 0.2) is 0 Å². The number of ether oxygens (including phenoxy) is 1. The lowest BCUT2D eigenvalue weighted by molar-refractivity contribution is 0.118. The highest BCUT2D eigenvalue weighted by Gasteiger charge is 2.41. The third kappa shape index (κ3) is 6.18. The van der Waals surface area contributed by atoms with E-state index in [-0.39, 0.29) is 0 Å². The fourth-order valence-corrected chi connectivity index (χ4v) is 5.95. The highest BCUT2D eigenvalue weighted by Crippen LogP contribution is 2.44. The molecule has 0 radical (unpaired) electrons. The van der Waals surface area contributed by atoms with Gasteiger partial charge in [0.25, 0.3) is 0 Å². The lowest BCUT2D eigenvalue weighted by Gasteiger charge is -2.42. The first-order valence-corrected chi connectivity index (χ1v) is 13.1. The van der Waals surface area contributed by atoms with E-state index in [9.17, 15) is 0 Å². The van der Waals surface area contributed by atoms with Gasteiger partial charge in [-0.05, 0) is 29.8 Å². The number of unbranched alkanes of at least 4 members (excludes halogenated alkanes) is 3. The number of hydrogen-bond acceptors (Lipinski definition) is 3. The van der Waals surface area contributed by atoms with Gasteiger partial charge in [0.05, 0.1) is 20.7 Å². The van der Waals surface area contributed by atoms with Gasteiger partial charge in [0.1, 0.15) is 0 Å². The molecule has 0 unspecified atom stereocenters. The summed E-state index contributed by atoms with van der Waals surface area (Å²) in [5.41, 5.74) is 0.665. The highest BCUT2D eigenvalue weighted by molar-refractivity contribution is 6.83. The van der Waals surface area contributed by atoms with Crippen molar-refractivity contribution in [1.29, 1.82) is 0 Å². The van der Waals surface area contributed by atoms with Crippen LogP contribution in [0, 0.1) is 0 Å². The molecule has 0 saturated carbocycles. The molecule has 1 aliphatic heterocycles. The third-order valence-electron chi connectivity index (χ3n) is 6.33. The Morgan fingerprint density at radius 2 is 1.96 bits per heavy atom. The molecule has 1 aliphatic rings. The van der Waals surface area contributed by atoms with Crippen molar-refractivity contribution in [3.63, 3.8) is 0 Å². The van der Waals surface area contributed by atoms with Crippen molar-refractivity contribution >= 4 is 14.3 Å². The van der Waals surface area contributed by atoms with Crippen LogP contribution in [0.1, 0.15) is 72.6 Å². The van der Waals surface area contributed by atoms with Gasteiger partial charge < -0.3 is 4.74 Å². The Morgan fingerprint density at radius 3 is 2.54 bits per heavy atom. The van der Waals surface area contributed by atoms with Crippen LogP contribution in [-0.4, -0.2) is 45.6 Å². The molecule has 0 spiro atoms. The van der Waals surface area contributed by atoms with Gasteiger partial charge in [0, 0.05) is 19.9 Å². The zero-order valence-corrected chi connectivity index (χ0v) is 18.4. The number of hydrogen-bond donors (Lipinski definition) is 0. The Hall–Kier alpha value is -0.353. The monoisotopic (exact) mass is 354 g/mol. The van der Waals surface area contributed by atoms with Crippen LogP contribution in [0.4, 0.5) is 0 Å². The Kier molecular flexibility index (Phi) is 9.00. The SMILES string of the molecule is CCCCCC[C@@H](/C=N/N1CCC[C@H]1COC)[Si](C)(C)C(C)(C)C. The van der Waals surface area contributed by atoms with Crippen molar-refractivity contribution in [1.82, 2.24) is 5.01 Å². The van der Waals surface area contributed by atoms with E-state index in [0.717, 1.165) is 13.2 Å². The van der Waals surface area contributed by atoms with E-state index in [0.29, 0.717) is 16.6 Å².